The van der Waals surface area contributed by atoms with E-state index in [2.05, 4.69) is 66.2 Å². The van der Waals surface area contributed by atoms with Crippen LogP contribution in [0, 0.1) is 6.92 Å². The third kappa shape index (κ3) is 4.91. The van der Waals surface area contributed by atoms with E-state index in [1.54, 1.807) is 0 Å². The SMILES string of the molecule is Cc1ccccc1C(=O)NCCCc1nc2ccccc2n1Cc1ccc(C(C)C)cc1. The van der Waals surface area contributed by atoms with Gasteiger partial charge in [-0.25, -0.2) is 4.98 Å². The Morgan fingerprint density at radius 3 is 2.44 bits per heavy atom. The summed E-state index contributed by atoms with van der Waals surface area (Å²) in [5.74, 6) is 1.58. The molecule has 4 nitrogen and oxygen atoms in total. The van der Waals surface area contributed by atoms with Crippen molar-refractivity contribution in [3.05, 3.63) is 101 Å². The molecule has 0 spiro atoms. The number of nitrogens with zero attached hydrogens (tertiary/aromatic N) is 2. The molecular weight excluding hydrogens is 394 g/mol. The maximum atomic E-state index is 12.5. The van der Waals surface area contributed by atoms with Gasteiger partial charge in [0.05, 0.1) is 11.0 Å². The first-order valence-corrected chi connectivity index (χ1v) is 11.4. The van der Waals surface area contributed by atoms with Gasteiger partial charge in [0.2, 0.25) is 0 Å². The number of para-hydroxylation sites is 2. The summed E-state index contributed by atoms with van der Waals surface area (Å²) in [6.07, 6.45) is 1.65. The van der Waals surface area contributed by atoms with Crippen LogP contribution in [0.3, 0.4) is 0 Å². The molecule has 164 valence electrons. The number of nitrogens with one attached hydrogen (secondary N) is 1. The average molecular weight is 426 g/mol. The number of fused-ring (bicyclic) bond motifs is 1. The molecular formula is C28H31N3O. The second-order valence-electron chi connectivity index (χ2n) is 8.67. The van der Waals surface area contributed by atoms with Gasteiger partial charge in [0.15, 0.2) is 0 Å². The topological polar surface area (TPSA) is 46.9 Å². The summed E-state index contributed by atoms with van der Waals surface area (Å²) >= 11 is 0. The van der Waals surface area contributed by atoms with Crippen molar-refractivity contribution >= 4 is 16.9 Å². The molecule has 4 aromatic rings. The van der Waals surface area contributed by atoms with Crippen LogP contribution in [0.2, 0.25) is 0 Å². The van der Waals surface area contributed by atoms with E-state index in [4.69, 9.17) is 4.98 Å². The number of hydrogen-bond acceptors (Lipinski definition) is 2. The Balaban J connectivity index is 1.45. The summed E-state index contributed by atoms with van der Waals surface area (Å²) in [5.41, 5.74) is 6.53. The number of aryl methyl sites for hydroxylation is 2. The minimum Gasteiger partial charge on any atom is -0.352 e. The van der Waals surface area contributed by atoms with Crippen molar-refractivity contribution in [1.29, 1.82) is 0 Å². The fraction of sp³-hybridized carbons (Fsp3) is 0.286. The lowest BCUT2D eigenvalue weighted by atomic mass is 10.0. The molecule has 0 unspecified atom stereocenters. The third-order valence-electron chi connectivity index (χ3n) is 5.97. The predicted molar refractivity (Wildman–Crippen MR) is 131 cm³/mol. The van der Waals surface area contributed by atoms with Crippen LogP contribution in [-0.2, 0) is 13.0 Å². The van der Waals surface area contributed by atoms with Gasteiger partial charge in [0.25, 0.3) is 5.91 Å². The maximum absolute atomic E-state index is 12.5. The molecule has 0 radical (unpaired) electrons. The van der Waals surface area contributed by atoms with Gasteiger partial charge in [-0.15, -0.1) is 0 Å². The highest BCUT2D eigenvalue weighted by molar-refractivity contribution is 5.95. The summed E-state index contributed by atoms with van der Waals surface area (Å²) in [6.45, 7) is 7.82. The highest BCUT2D eigenvalue weighted by Crippen LogP contribution is 2.21. The van der Waals surface area contributed by atoms with Crippen LogP contribution >= 0.6 is 0 Å². The molecule has 4 heteroatoms. The minimum absolute atomic E-state index is 0.0122. The van der Waals surface area contributed by atoms with E-state index in [9.17, 15) is 4.79 Å². The van der Waals surface area contributed by atoms with E-state index in [1.165, 1.54) is 11.1 Å². The Hall–Kier alpha value is -3.40. The van der Waals surface area contributed by atoms with Crippen molar-refractivity contribution in [2.75, 3.05) is 6.54 Å². The Morgan fingerprint density at radius 1 is 0.969 bits per heavy atom. The second kappa shape index (κ2) is 9.82. The zero-order valence-electron chi connectivity index (χ0n) is 19.1. The molecule has 0 fully saturated rings. The molecule has 1 N–H and O–H groups in total. The summed E-state index contributed by atoms with van der Waals surface area (Å²) in [4.78, 5) is 17.4. The van der Waals surface area contributed by atoms with E-state index in [-0.39, 0.29) is 5.91 Å². The lowest BCUT2D eigenvalue weighted by Crippen LogP contribution is -2.25. The van der Waals surface area contributed by atoms with Gasteiger partial charge in [-0.1, -0.05) is 68.4 Å². The van der Waals surface area contributed by atoms with Crippen LogP contribution in [-0.4, -0.2) is 22.0 Å². The maximum Gasteiger partial charge on any atom is 0.251 e. The van der Waals surface area contributed by atoms with E-state index >= 15 is 0 Å². The molecule has 0 aliphatic rings. The molecule has 32 heavy (non-hydrogen) atoms. The molecule has 0 saturated carbocycles. The zero-order valence-corrected chi connectivity index (χ0v) is 19.1. The first kappa shape index (κ1) is 21.8. The molecule has 0 bridgehead atoms. The van der Waals surface area contributed by atoms with Crippen LogP contribution in [0.25, 0.3) is 11.0 Å². The Bertz CT molecular complexity index is 1210. The normalized spacial score (nSPS) is 11.2. The number of amides is 1. The van der Waals surface area contributed by atoms with Crippen molar-refractivity contribution in [2.45, 2.75) is 46.1 Å². The number of aromatic nitrogens is 2. The highest BCUT2D eigenvalue weighted by Gasteiger charge is 2.12. The number of rotatable bonds is 8. The van der Waals surface area contributed by atoms with E-state index in [0.717, 1.165) is 47.4 Å². The molecule has 4 rings (SSSR count). The largest absolute Gasteiger partial charge is 0.352 e. The van der Waals surface area contributed by atoms with Gasteiger partial charge >= 0.3 is 0 Å². The quantitative estimate of drug-likeness (QED) is 0.358. The van der Waals surface area contributed by atoms with E-state index in [1.807, 2.05) is 37.3 Å². The number of hydrogen-bond donors (Lipinski definition) is 1. The van der Waals surface area contributed by atoms with Gasteiger partial charge < -0.3 is 9.88 Å². The van der Waals surface area contributed by atoms with E-state index in [0.29, 0.717) is 12.5 Å². The lowest BCUT2D eigenvalue weighted by Gasteiger charge is -2.12. The Labute approximate surface area is 190 Å². The van der Waals surface area contributed by atoms with Gasteiger partial charge in [0.1, 0.15) is 5.82 Å². The number of carbonyl (C=O) groups excluding carboxylic acids is 1. The summed E-state index contributed by atoms with van der Waals surface area (Å²) in [5, 5.41) is 3.05. The van der Waals surface area contributed by atoms with Crippen LogP contribution in [0.15, 0.2) is 72.8 Å². The van der Waals surface area contributed by atoms with Crippen molar-refractivity contribution in [1.82, 2.24) is 14.9 Å². The van der Waals surface area contributed by atoms with Crippen LogP contribution in [0.4, 0.5) is 0 Å². The zero-order chi connectivity index (χ0) is 22.5. The minimum atomic E-state index is -0.0122. The Kier molecular flexibility index (Phi) is 6.69. The van der Waals surface area contributed by atoms with Crippen molar-refractivity contribution in [3.63, 3.8) is 0 Å². The molecule has 0 aliphatic heterocycles. The lowest BCUT2D eigenvalue weighted by molar-refractivity contribution is 0.0952. The molecule has 1 heterocycles. The van der Waals surface area contributed by atoms with Gasteiger partial charge in [-0.2, -0.15) is 0 Å². The average Bonchev–Trinajstić information content (AvgIpc) is 3.14. The number of imidazole rings is 1. The van der Waals surface area contributed by atoms with Gasteiger partial charge in [-0.05, 0) is 54.2 Å². The first-order chi connectivity index (χ1) is 15.5. The van der Waals surface area contributed by atoms with Crippen molar-refractivity contribution in [2.24, 2.45) is 0 Å². The number of benzene rings is 3. The first-order valence-electron chi connectivity index (χ1n) is 11.4. The Morgan fingerprint density at radius 2 is 1.69 bits per heavy atom. The fourth-order valence-electron chi connectivity index (χ4n) is 4.05. The van der Waals surface area contributed by atoms with Crippen LogP contribution in [0.1, 0.15) is 59.1 Å². The predicted octanol–water partition coefficient (Wildman–Crippen LogP) is 5.88. The molecule has 3 aromatic carbocycles. The highest BCUT2D eigenvalue weighted by atomic mass is 16.1. The monoisotopic (exact) mass is 425 g/mol. The third-order valence-corrected chi connectivity index (χ3v) is 5.97. The molecule has 0 saturated heterocycles. The van der Waals surface area contributed by atoms with E-state index < -0.39 is 0 Å². The summed E-state index contributed by atoms with van der Waals surface area (Å²) in [6, 6.07) is 24.9. The van der Waals surface area contributed by atoms with Crippen molar-refractivity contribution in [3.8, 4) is 0 Å². The summed E-state index contributed by atoms with van der Waals surface area (Å²) in [7, 11) is 0. The number of carbonyl (C=O) groups is 1. The van der Waals surface area contributed by atoms with Gasteiger partial charge in [-0.3, -0.25) is 4.79 Å². The van der Waals surface area contributed by atoms with Gasteiger partial charge in [0, 0.05) is 25.1 Å². The molecule has 0 atom stereocenters. The molecule has 0 aliphatic carbocycles. The van der Waals surface area contributed by atoms with Crippen LogP contribution < -0.4 is 5.32 Å². The molecule has 1 amide bonds. The fourth-order valence-corrected chi connectivity index (χ4v) is 4.05. The smallest absolute Gasteiger partial charge is 0.251 e. The van der Waals surface area contributed by atoms with Crippen LogP contribution in [0.5, 0.6) is 0 Å². The van der Waals surface area contributed by atoms with Crippen molar-refractivity contribution < 1.29 is 4.79 Å². The second-order valence-corrected chi connectivity index (χ2v) is 8.67. The summed E-state index contributed by atoms with van der Waals surface area (Å²) < 4.78 is 2.31. The standard InChI is InChI=1S/C28H31N3O/c1-20(2)23-16-14-22(15-17-23)19-31-26-12-7-6-11-25(26)30-27(31)13-8-18-29-28(32)24-10-5-4-9-21(24)3/h4-7,9-12,14-17,20H,8,13,18-19H2,1-3H3,(H,29,32). The molecule has 1 aromatic heterocycles.